The van der Waals surface area contributed by atoms with Gasteiger partial charge in [0.2, 0.25) is 0 Å². The van der Waals surface area contributed by atoms with E-state index >= 15 is 0 Å². The lowest BCUT2D eigenvalue weighted by Gasteiger charge is -2.25. The number of carbonyl (C=O) groups excluding carboxylic acids is 2. The molecule has 7 heteroatoms. The number of hydrogen-bond donors (Lipinski definition) is 2. The van der Waals surface area contributed by atoms with Crippen LogP contribution in [0.15, 0.2) is 35.8 Å². The summed E-state index contributed by atoms with van der Waals surface area (Å²) in [5.41, 5.74) is 2.26. The van der Waals surface area contributed by atoms with Crippen molar-refractivity contribution in [3.63, 3.8) is 0 Å². The minimum Gasteiger partial charge on any atom is -0.346 e. The molecule has 0 spiro atoms. The quantitative estimate of drug-likeness (QED) is 0.819. The summed E-state index contributed by atoms with van der Waals surface area (Å²) in [6.45, 7) is 2.37. The van der Waals surface area contributed by atoms with E-state index in [0.29, 0.717) is 11.7 Å². The van der Waals surface area contributed by atoms with Gasteiger partial charge in [-0.25, -0.2) is 4.98 Å². The molecular weight excluding hydrogens is 312 g/mol. The lowest BCUT2D eigenvalue weighted by molar-refractivity contribution is -0.136. The third-order valence-electron chi connectivity index (χ3n) is 3.40. The van der Waals surface area contributed by atoms with Gasteiger partial charge in [0.25, 0.3) is 0 Å². The highest BCUT2D eigenvalue weighted by atomic mass is 32.1. The van der Waals surface area contributed by atoms with E-state index in [1.54, 1.807) is 11.6 Å². The second-order valence-electron chi connectivity index (χ2n) is 5.39. The van der Waals surface area contributed by atoms with Crippen molar-refractivity contribution < 1.29 is 9.59 Å². The number of amides is 2. The van der Waals surface area contributed by atoms with Crippen LogP contribution < -0.4 is 10.6 Å². The van der Waals surface area contributed by atoms with E-state index in [0.717, 1.165) is 5.56 Å². The van der Waals surface area contributed by atoms with Crippen molar-refractivity contribution in [1.29, 1.82) is 0 Å². The second-order valence-corrected chi connectivity index (χ2v) is 6.29. The summed E-state index contributed by atoms with van der Waals surface area (Å²) < 4.78 is 0. The van der Waals surface area contributed by atoms with E-state index in [1.807, 2.05) is 50.2 Å². The minimum atomic E-state index is -0.707. The molecule has 0 aliphatic rings. The van der Waals surface area contributed by atoms with Crippen LogP contribution in [0.5, 0.6) is 0 Å². The molecule has 1 aromatic carbocycles. The van der Waals surface area contributed by atoms with E-state index in [9.17, 15) is 9.59 Å². The van der Waals surface area contributed by atoms with Gasteiger partial charge in [-0.2, -0.15) is 0 Å². The van der Waals surface area contributed by atoms with Crippen LogP contribution in [-0.4, -0.2) is 42.3 Å². The fraction of sp³-hybridized carbons (Fsp3) is 0.312. The van der Waals surface area contributed by atoms with Gasteiger partial charge in [0.1, 0.15) is 0 Å². The van der Waals surface area contributed by atoms with Crippen molar-refractivity contribution in [1.82, 2.24) is 15.2 Å². The number of aromatic nitrogens is 1. The monoisotopic (exact) mass is 332 g/mol. The second kappa shape index (κ2) is 7.85. The Kier molecular flexibility index (Phi) is 5.84. The van der Waals surface area contributed by atoms with Crippen LogP contribution in [0.2, 0.25) is 0 Å². The smallest absolute Gasteiger partial charge is 0.315 e. The van der Waals surface area contributed by atoms with E-state index < -0.39 is 11.8 Å². The Morgan fingerprint density at radius 1 is 1.22 bits per heavy atom. The first-order valence-electron chi connectivity index (χ1n) is 7.19. The SMILES string of the molecule is Cc1ccc([C@H](CNC(=O)C(=O)Nc2nccs2)N(C)C)cc1. The van der Waals surface area contributed by atoms with E-state index in [1.165, 1.54) is 16.9 Å². The first kappa shape index (κ1) is 17.1. The van der Waals surface area contributed by atoms with Crippen molar-refractivity contribution in [3.05, 3.63) is 47.0 Å². The molecule has 0 radical (unpaired) electrons. The highest BCUT2D eigenvalue weighted by Crippen LogP contribution is 2.18. The molecule has 122 valence electrons. The lowest BCUT2D eigenvalue weighted by Crippen LogP contribution is -2.40. The molecule has 6 nitrogen and oxygen atoms in total. The average molecular weight is 332 g/mol. The third kappa shape index (κ3) is 4.87. The van der Waals surface area contributed by atoms with Gasteiger partial charge in [0.05, 0.1) is 6.04 Å². The Labute approximate surface area is 139 Å². The van der Waals surface area contributed by atoms with Crippen molar-refractivity contribution >= 4 is 28.3 Å². The van der Waals surface area contributed by atoms with Gasteiger partial charge < -0.3 is 10.2 Å². The van der Waals surface area contributed by atoms with E-state index in [2.05, 4.69) is 15.6 Å². The molecule has 0 aliphatic carbocycles. The van der Waals surface area contributed by atoms with Crippen LogP contribution >= 0.6 is 11.3 Å². The molecule has 2 amide bonds. The summed E-state index contributed by atoms with van der Waals surface area (Å²) >= 11 is 1.26. The number of carbonyl (C=O) groups is 2. The Bertz CT molecular complexity index is 653. The maximum Gasteiger partial charge on any atom is 0.315 e. The lowest BCUT2D eigenvalue weighted by atomic mass is 10.0. The molecule has 2 N–H and O–H groups in total. The number of nitrogens with one attached hydrogen (secondary N) is 2. The highest BCUT2D eigenvalue weighted by Gasteiger charge is 2.19. The Morgan fingerprint density at radius 3 is 2.48 bits per heavy atom. The molecule has 0 unspecified atom stereocenters. The zero-order chi connectivity index (χ0) is 16.8. The van der Waals surface area contributed by atoms with Crippen LogP contribution in [0.25, 0.3) is 0 Å². The number of thiazole rings is 1. The molecule has 1 heterocycles. The van der Waals surface area contributed by atoms with Crippen LogP contribution in [-0.2, 0) is 9.59 Å². The molecule has 0 saturated carbocycles. The van der Waals surface area contributed by atoms with Crippen LogP contribution in [0.4, 0.5) is 5.13 Å². The summed E-state index contributed by atoms with van der Waals surface area (Å²) in [5, 5.41) is 7.28. The van der Waals surface area contributed by atoms with Crippen molar-refractivity contribution in [2.75, 3.05) is 26.0 Å². The number of nitrogens with zero attached hydrogens (tertiary/aromatic N) is 2. The number of hydrogen-bond acceptors (Lipinski definition) is 5. The molecular formula is C16H20N4O2S. The molecule has 1 aromatic heterocycles. The molecule has 23 heavy (non-hydrogen) atoms. The largest absolute Gasteiger partial charge is 0.346 e. The zero-order valence-electron chi connectivity index (χ0n) is 13.4. The fourth-order valence-corrected chi connectivity index (χ4v) is 2.62. The molecule has 2 aromatic rings. The molecule has 0 bridgehead atoms. The summed E-state index contributed by atoms with van der Waals surface area (Å²) in [7, 11) is 3.87. The van der Waals surface area contributed by atoms with Gasteiger partial charge in [-0.3, -0.25) is 14.9 Å². The van der Waals surface area contributed by atoms with Gasteiger partial charge in [-0.15, -0.1) is 11.3 Å². The topological polar surface area (TPSA) is 74.3 Å². The summed E-state index contributed by atoms with van der Waals surface area (Å²) in [6.07, 6.45) is 1.57. The summed E-state index contributed by atoms with van der Waals surface area (Å²) in [4.78, 5) is 29.6. The number of likely N-dealkylation sites (N-methyl/N-ethyl adjacent to an activating group) is 1. The average Bonchev–Trinajstić information content (AvgIpc) is 3.01. The van der Waals surface area contributed by atoms with Gasteiger partial charge >= 0.3 is 11.8 Å². The van der Waals surface area contributed by atoms with Crippen molar-refractivity contribution in [2.45, 2.75) is 13.0 Å². The number of benzene rings is 1. The van der Waals surface area contributed by atoms with Gasteiger partial charge in [0.15, 0.2) is 5.13 Å². The molecule has 0 fully saturated rings. The molecule has 0 aliphatic heterocycles. The number of rotatable bonds is 5. The van der Waals surface area contributed by atoms with Crippen LogP contribution in [0.1, 0.15) is 17.2 Å². The van der Waals surface area contributed by atoms with Gasteiger partial charge in [-0.05, 0) is 26.6 Å². The predicted octanol–water partition coefficient (Wildman–Crippen LogP) is 1.81. The number of anilines is 1. The fourth-order valence-electron chi connectivity index (χ4n) is 2.10. The van der Waals surface area contributed by atoms with Crippen molar-refractivity contribution in [2.24, 2.45) is 0 Å². The Balaban J connectivity index is 1.94. The number of aryl methyl sites for hydroxylation is 1. The molecule has 1 atom stereocenters. The van der Waals surface area contributed by atoms with E-state index in [4.69, 9.17) is 0 Å². The summed E-state index contributed by atoms with van der Waals surface area (Å²) in [6, 6.07) is 8.11. The van der Waals surface area contributed by atoms with E-state index in [-0.39, 0.29) is 6.04 Å². The third-order valence-corrected chi connectivity index (χ3v) is 4.09. The van der Waals surface area contributed by atoms with Crippen LogP contribution in [0, 0.1) is 6.92 Å². The first-order chi connectivity index (χ1) is 11.0. The summed E-state index contributed by atoms with van der Waals surface area (Å²) in [5.74, 6) is -1.37. The van der Waals surface area contributed by atoms with Crippen molar-refractivity contribution in [3.8, 4) is 0 Å². The maximum atomic E-state index is 11.9. The maximum absolute atomic E-state index is 11.9. The zero-order valence-corrected chi connectivity index (χ0v) is 14.2. The molecule has 0 saturated heterocycles. The predicted molar refractivity (Wildman–Crippen MR) is 91.4 cm³/mol. The standard InChI is InChI=1S/C16H20N4O2S/c1-11-4-6-12(7-5-11)13(20(2)3)10-18-14(21)15(22)19-16-17-8-9-23-16/h4-9,13H,10H2,1-3H3,(H,18,21)(H,17,19,22)/t13-/m0/s1. The Morgan fingerprint density at radius 2 is 1.91 bits per heavy atom. The highest BCUT2D eigenvalue weighted by molar-refractivity contribution is 7.13. The van der Waals surface area contributed by atoms with Crippen LogP contribution in [0.3, 0.4) is 0 Å². The van der Waals surface area contributed by atoms with Gasteiger partial charge in [0, 0.05) is 18.1 Å². The molecule has 2 rings (SSSR count). The Hall–Kier alpha value is -2.25. The first-order valence-corrected chi connectivity index (χ1v) is 8.07. The van der Waals surface area contributed by atoms with Gasteiger partial charge in [-0.1, -0.05) is 29.8 Å². The normalized spacial score (nSPS) is 12.0. The minimum absolute atomic E-state index is 0.00721.